The molecule has 1 saturated carbocycles. The minimum absolute atomic E-state index is 0.0385. The smallest absolute Gasteiger partial charge is 0.261 e. The average molecular weight is 513 g/mol. The van der Waals surface area contributed by atoms with Crippen LogP contribution >= 0.6 is 0 Å². The standard InChI is InChI=1S/C29H36N8O/c1-18(2)26(36-17-24(33-35-36)29(3,4)5)19-10-12-21(13-11-19)32-27-25-23(14-15-31-28(25)38)37(34-27)22-9-7-6-8-20(22)16-30/h10-15,17-18,20,22,26H,6-9H2,1-5H3,(H,31,38)(H,32,34). The topological polar surface area (TPSA) is 117 Å². The monoisotopic (exact) mass is 512 g/mol. The SMILES string of the molecule is CC(C)C(c1ccc(Nc2nn(C3CCCCC3C#N)c3cc[nH]c(=O)c23)cc1)n1cc(C(C)(C)C)nn1. The van der Waals surface area contributed by atoms with Crippen molar-refractivity contribution in [2.24, 2.45) is 11.8 Å². The molecular formula is C29H36N8O. The lowest BCUT2D eigenvalue weighted by atomic mass is 9.85. The molecule has 0 spiro atoms. The molecule has 1 aliphatic rings. The fourth-order valence-corrected chi connectivity index (χ4v) is 5.49. The number of benzene rings is 1. The molecule has 1 aliphatic carbocycles. The zero-order valence-corrected chi connectivity index (χ0v) is 22.8. The summed E-state index contributed by atoms with van der Waals surface area (Å²) in [6.45, 7) is 10.8. The molecule has 3 atom stereocenters. The van der Waals surface area contributed by atoms with Crippen LogP contribution in [0.2, 0.25) is 0 Å². The van der Waals surface area contributed by atoms with Gasteiger partial charge in [-0.15, -0.1) is 5.10 Å². The van der Waals surface area contributed by atoms with E-state index < -0.39 is 0 Å². The minimum atomic E-state index is -0.196. The summed E-state index contributed by atoms with van der Waals surface area (Å²) in [5.74, 6) is 0.704. The van der Waals surface area contributed by atoms with E-state index >= 15 is 0 Å². The Morgan fingerprint density at radius 3 is 2.53 bits per heavy atom. The number of rotatable bonds is 6. The molecule has 9 nitrogen and oxygen atoms in total. The first-order valence-corrected chi connectivity index (χ1v) is 13.5. The first kappa shape index (κ1) is 25.7. The predicted molar refractivity (Wildman–Crippen MR) is 148 cm³/mol. The lowest BCUT2D eigenvalue weighted by Crippen LogP contribution is -2.23. The van der Waals surface area contributed by atoms with Crippen molar-refractivity contribution in [2.45, 2.75) is 77.8 Å². The van der Waals surface area contributed by atoms with E-state index in [2.05, 4.69) is 73.4 Å². The number of fused-ring (bicyclic) bond motifs is 1. The third kappa shape index (κ3) is 4.83. The van der Waals surface area contributed by atoms with Crippen LogP contribution in [-0.4, -0.2) is 29.8 Å². The van der Waals surface area contributed by atoms with Gasteiger partial charge in [0.05, 0.1) is 35.3 Å². The van der Waals surface area contributed by atoms with Crippen LogP contribution in [0.5, 0.6) is 0 Å². The predicted octanol–water partition coefficient (Wildman–Crippen LogP) is 5.86. The molecule has 38 heavy (non-hydrogen) atoms. The van der Waals surface area contributed by atoms with Crippen LogP contribution in [0.4, 0.5) is 11.5 Å². The molecule has 0 saturated heterocycles. The zero-order valence-electron chi connectivity index (χ0n) is 22.8. The quantitative estimate of drug-likeness (QED) is 0.334. The number of hydrogen-bond donors (Lipinski definition) is 2. The Hall–Kier alpha value is -3.93. The summed E-state index contributed by atoms with van der Waals surface area (Å²) in [6.07, 6.45) is 7.53. The van der Waals surface area contributed by atoms with E-state index in [4.69, 9.17) is 5.10 Å². The summed E-state index contributed by atoms with van der Waals surface area (Å²) in [4.78, 5) is 15.6. The first-order valence-electron chi connectivity index (χ1n) is 13.5. The van der Waals surface area contributed by atoms with Gasteiger partial charge in [-0.05, 0) is 42.5 Å². The molecule has 198 valence electrons. The van der Waals surface area contributed by atoms with E-state index in [9.17, 15) is 10.1 Å². The minimum Gasteiger partial charge on any atom is -0.338 e. The zero-order chi connectivity index (χ0) is 27.0. The van der Waals surface area contributed by atoms with Gasteiger partial charge in [0.2, 0.25) is 0 Å². The number of H-pyrrole nitrogens is 1. The van der Waals surface area contributed by atoms with Gasteiger partial charge in [-0.1, -0.05) is 64.8 Å². The largest absolute Gasteiger partial charge is 0.338 e. The second kappa shape index (κ2) is 10.1. The van der Waals surface area contributed by atoms with Gasteiger partial charge in [0.1, 0.15) is 5.39 Å². The van der Waals surface area contributed by atoms with Gasteiger partial charge in [0.25, 0.3) is 5.56 Å². The van der Waals surface area contributed by atoms with Crippen LogP contribution in [0.1, 0.15) is 83.6 Å². The van der Waals surface area contributed by atoms with Crippen molar-refractivity contribution in [1.29, 1.82) is 5.26 Å². The fraction of sp³-hybridized carbons (Fsp3) is 0.483. The molecule has 0 amide bonds. The molecule has 0 bridgehead atoms. The number of nitrogens with zero attached hydrogens (tertiary/aromatic N) is 6. The van der Waals surface area contributed by atoms with Crippen LogP contribution in [0.25, 0.3) is 10.9 Å². The Balaban J connectivity index is 1.46. The Bertz CT molecular complexity index is 1510. The molecule has 2 N–H and O–H groups in total. The lowest BCUT2D eigenvalue weighted by molar-refractivity contribution is 0.277. The highest BCUT2D eigenvalue weighted by molar-refractivity contribution is 5.91. The molecule has 9 heteroatoms. The van der Waals surface area contributed by atoms with Gasteiger partial charge < -0.3 is 10.3 Å². The maximum atomic E-state index is 12.9. The molecule has 0 aliphatic heterocycles. The summed E-state index contributed by atoms with van der Waals surface area (Å²) < 4.78 is 3.85. The maximum Gasteiger partial charge on any atom is 0.261 e. The van der Waals surface area contributed by atoms with Gasteiger partial charge in [0, 0.05) is 23.5 Å². The van der Waals surface area contributed by atoms with Crippen LogP contribution in [0.3, 0.4) is 0 Å². The Labute approximate surface area is 222 Å². The van der Waals surface area contributed by atoms with Crippen molar-refractivity contribution < 1.29 is 0 Å². The van der Waals surface area contributed by atoms with E-state index in [1.54, 1.807) is 6.20 Å². The Kier molecular flexibility index (Phi) is 6.82. The molecular weight excluding hydrogens is 476 g/mol. The van der Waals surface area contributed by atoms with Crippen LogP contribution in [0, 0.1) is 23.2 Å². The van der Waals surface area contributed by atoms with E-state index in [0.29, 0.717) is 17.1 Å². The third-order valence-electron chi connectivity index (χ3n) is 7.55. The van der Waals surface area contributed by atoms with E-state index in [1.807, 2.05) is 33.8 Å². The first-order chi connectivity index (χ1) is 18.2. The number of aromatic nitrogens is 6. The number of nitrogens with one attached hydrogen (secondary N) is 2. The second-order valence-electron chi connectivity index (χ2n) is 11.7. The van der Waals surface area contributed by atoms with Gasteiger partial charge in [-0.25, -0.2) is 4.68 Å². The van der Waals surface area contributed by atoms with Crippen molar-refractivity contribution in [3.8, 4) is 6.07 Å². The average Bonchev–Trinajstić information content (AvgIpc) is 3.51. The summed E-state index contributed by atoms with van der Waals surface area (Å²) in [7, 11) is 0. The number of aromatic amines is 1. The van der Waals surface area contributed by atoms with Crippen LogP contribution in [-0.2, 0) is 5.41 Å². The van der Waals surface area contributed by atoms with Crippen molar-refractivity contribution in [3.05, 3.63) is 64.3 Å². The number of hydrogen-bond acceptors (Lipinski definition) is 6. The highest BCUT2D eigenvalue weighted by atomic mass is 16.1. The molecule has 5 rings (SSSR count). The molecule has 3 heterocycles. The molecule has 4 aromatic rings. The van der Waals surface area contributed by atoms with E-state index in [1.165, 1.54) is 0 Å². The third-order valence-corrected chi connectivity index (χ3v) is 7.55. The van der Waals surface area contributed by atoms with Gasteiger partial charge in [0.15, 0.2) is 5.82 Å². The van der Waals surface area contributed by atoms with Crippen molar-refractivity contribution >= 4 is 22.4 Å². The highest BCUT2D eigenvalue weighted by Crippen LogP contribution is 2.37. The van der Waals surface area contributed by atoms with Gasteiger partial charge in [-0.2, -0.15) is 10.4 Å². The molecule has 3 unspecified atom stereocenters. The van der Waals surface area contributed by atoms with Crippen molar-refractivity contribution in [1.82, 2.24) is 29.8 Å². The molecule has 3 aromatic heterocycles. The summed E-state index contributed by atoms with van der Waals surface area (Å²) >= 11 is 0. The maximum absolute atomic E-state index is 12.9. The molecule has 0 radical (unpaired) electrons. The normalized spacial score (nSPS) is 19.0. The summed E-state index contributed by atoms with van der Waals surface area (Å²) in [5, 5.41) is 27.3. The fourth-order valence-electron chi connectivity index (χ4n) is 5.49. The highest BCUT2D eigenvalue weighted by Gasteiger charge is 2.30. The summed E-state index contributed by atoms with van der Waals surface area (Å²) in [6, 6.07) is 12.5. The van der Waals surface area contributed by atoms with Gasteiger partial charge in [-0.3, -0.25) is 9.48 Å². The lowest BCUT2D eigenvalue weighted by Gasteiger charge is -2.27. The second-order valence-corrected chi connectivity index (χ2v) is 11.7. The molecule has 1 aromatic carbocycles. The van der Waals surface area contributed by atoms with E-state index in [-0.39, 0.29) is 29.0 Å². The van der Waals surface area contributed by atoms with Crippen molar-refractivity contribution in [2.75, 3.05) is 5.32 Å². The van der Waals surface area contributed by atoms with Crippen molar-refractivity contribution in [3.63, 3.8) is 0 Å². The van der Waals surface area contributed by atoms with Crippen LogP contribution in [0.15, 0.2) is 47.5 Å². The number of pyridine rings is 1. The summed E-state index contributed by atoms with van der Waals surface area (Å²) in [5.41, 5.74) is 3.41. The van der Waals surface area contributed by atoms with Gasteiger partial charge >= 0.3 is 0 Å². The number of anilines is 2. The van der Waals surface area contributed by atoms with Crippen LogP contribution < -0.4 is 10.9 Å². The number of nitriles is 1. The Morgan fingerprint density at radius 2 is 1.87 bits per heavy atom. The van der Waals surface area contributed by atoms with E-state index in [0.717, 1.165) is 48.1 Å². The Morgan fingerprint density at radius 1 is 1.13 bits per heavy atom. The molecule has 1 fully saturated rings.